The Morgan fingerprint density at radius 3 is 2.43 bits per heavy atom. The molecule has 0 radical (unpaired) electrons. The fraction of sp³-hybridized carbons (Fsp3) is 0. The molecular formula is C13H10BrNO5S. The van der Waals surface area contributed by atoms with Gasteiger partial charge in [0.2, 0.25) is 0 Å². The highest BCUT2D eigenvalue weighted by atomic mass is 79.9. The predicted molar refractivity (Wildman–Crippen MR) is 80.7 cm³/mol. The number of benzene rings is 2. The van der Waals surface area contributed by atoms with Crippen LogP contribution in [-0.4, -0.2) is 24.4 Å². The van der Waals surface area contributed by atoms with Crippen molar-refractivity contribution in [1.82, 2.24) is 0 Å². The number of halogens is 1. The van der Waals surface area contributed by atoms with Crippen molar-refractivity contribution < 1.29 is 22.9 Å². The quantitative estimate of drug-likeness (QED) is 0.563. The summed E-state index contributed by atoms with van der Waals surface area (Å²) in [6.45, 7) is 0. The maximum Gasteiger partial charge on any atom is 0.296 e. The van der Waals surface area contributed by atoms with E-state index in [1.807, 2.05) is 0 Å². The van der Waals surface area contributed by atoms with E-state index in [1.54, 1.807) is 6.07 Å². The van der Waals surface area contributed by atoms with Crippen molar-refractivity contribution in [2.24, 2.45) is 0 Å². The summed E-state index contributed by atoms with van der Waals surface area (Å²) >= 11 is 3.21. The average Bonchev–Trinajstić information content (AvgIpc) is 2.42. The highest BCUT2D eigenvalue weighted by molar-refractivity contribution is 9.10. The normalized spacial score (nSPS) is 11.1. The molecule has 8 heteroatoms. The van der Waals surface area contributed by atoms with Gasteiger partial charge in [-0.2, -0.15) is 8.42 Å². The molecule has 0 bridgehead atoms. The zero-order valence-corrected chi connectivity index (χ0v) is 12.8. The molecule has 2 aromatic carbocycles. The number of para-hydroxylation sites is 1. The average molecular weight is 372 g/mol. The molecule has 0 atom stereocenters. The second kappa shape index (κ2) is 5.84. The van der Waals surface area contributed by atoms with Gasteiger partial charge in [-0.1, -0.05) is 12.1 Å². The first-order chi connectivity index (χ1) is 9.82. The maximum atomic E-state index is 11.3. The lowest BCUT2D eigenvalue weighted by Gasteiger charge is -2.12. The lowest BCUT2D eigenvalue weighted by molar-refractivity contribution is 0.112. The summed E-state index contributed by atoms with van der Waals surface area (Å²) in [5, 5.41) is 12.4. The van der Waals surface area contributed by atoms with Gasteiger partial charge >= 0.3 is 0 Å². The predicted octanol–water partition coefficient (Wildman–Crippen LogP) is 2.96. The molecule has 3 N–H and O–H groups in total. The molecule has 0 heterocycles. The molecule has 6 nitrogen and oxygen atoms in total. The molecule has 2 aromatic rings. The number of hydrogen-bond acceptors (Lipinski definition) is 5. The van der Waals surface area contributed by atoms with Crippen molar-refractivity contribution in [2.75, 3.05) is 5.32 Å². The number of phenols is 1. The van der Waals surface area contributed by atoms with E-state index in [9.17, 15) is 22.9 Å². The number of carbonyl (C=O) groups excluding carboxylic acids is 1. The Morgan fingerprint density at radius 1 is 1.14 bits per heavy atom. The Morgan fingerprint density at radius 2 is 1.81 bits per heavy atom. The number of hydrogen-bond donors (Lipinski definition) is 3. The van der Waals surface area contributed by atoms with E-state index < -0.39 is 10.1 Å². The first kappa shape index (κ1) is 15.5. The number of anilines is 2. The molecule has 0 aromatic heterocycles. The van der Waals surface area contributed by atoms with Gasteiger partial charge in [-0.15, -0.1) is 0 Å². The minimum atomic E-state index is -4.39. The number of phenolic OH excluding ortho intramolecular Hbond substituents is 1. The van der Waals surface area contributed by atoms with Crippen LogP contribution in [0, 0.1) is 0 Å². The van der Waals surface area contributed by atoms with E-state index >= 15 is 0 Å². The topological polar surface area (TPSA) is 104 Å². The Kier molecular flexibility index (Phi) is 4.31. The lowest BCUT2D eigenvalue weighted by Crippen LogP contribution is -2.03. The fourth-order valence-corrected chi connectivity index (χ4v) is 2.82. The SMILES string of the molecule is O=Cc1cc(Br)c(Nc2ccccc2S(=O)(=O)O)cc1O. The minimum Gasteiger partial charge on any atom is -0.507 e. The Balaban J connectivity index is 2.49. The van der Waals surface area contributed by atoms with E-state index in [2.05, 4.69) is 21.2 Å². The summed E-state index contributed by atoms with van der Waals surface area (Å²) < 4.78 is 32.2. The smallest absolute Gasteiger partial charge is 0.296 e. The van der Waals surface area contributed by atoms with Gasteiger partial charge in [-0.3, -0.25) is 9.35 Å². The van der Waals surface area contributed by atoms with E-state index in [0.717, 1.165) is 0 Å². The summed E-state index contributed by atoms with van der Waals surface area (Å²) in [5.41, 5.74) is 0.573. The standard InChI is InChI=1S/C13H10BrNO5S/c14-9-5-8(7-16)12(17)6-11(9)15-10-3-1-2-4-13(10)21(18,19)20/h1-7,15,17H,(H,18,19,20). The second-order valence-corrected chi connectivity index (χ2v) is 6.35. The third-order valence-electron chi connectivity index (χ3n) is 2.68. The van der Waals surface area contributed by atoms with Gasteiger partial charge in [-0.25, -0.2) is 0 Å². The van der Waals surface area contributed by atoms with Crippen molar-refractivity contribution in [3.63, 3.8) is 0 Å². The summed E-state index contributed by atoms with van der Waals surface area (Å²) in [4.78, 5) is 10.4. The molecule has 0 unspecified atom stereocenters. The molecule has 0 spiro atoms. The fourth-order valence-electron chi connectivity index (χ4n) is 1.71. The molecule has 2 rings (SSSR count). The first-order valence-corrected chi connectivity index (χ1v) is 7.87. The van der Waals surface area contributed by atoms with Crippen molar-refractivity contribution >= 4 is 43.7 Å². The van der Waals surface area contributed by atoms with Crippen LogP contribution in [0.1, 0.15) is 10.4 Å². The van der Waals surface area contributed by atoms with Gasteiger partial charge in [0.15, 0.2) is 6.29 Å². The molecule has 0 aliphatic carbocycles. The minimum absolute atomic E-state index is 0.0930. The highest BCUT2D eigenvalue weighted by Gasteiger charge is 2.16. The lowest BCUT2D eigenvalue weighted by atomic mass is 10.2. The Bertz CT molecular complexity index is 804. The van der Waals surface area contributed by atoms with Gasteiger partial charge in [-0.05, 0) is 34.1 Å². The largest absolute Gasteiger partial charge is 0.507 e. The first-order valence-electron chi connectivity index (χ1n) is 5.64. The monoisotopic (exact) mass is 371 g/mol. The van der Waals surface area contributed by atoms with Crippen LogP contribution in [0.3, 0.4) is 0 Å². The van der Waals surface area contributed by atoms with Crippen LogP contribution in [0.15, 0.2) is 45.8 Å². The van der Waals surface area contributed by atoms with E-state index in [-0.39, 0.29) is 21.9 Å². The van der Waals surface area contributed by atoms with Gasteiger partial charge in [0, 0.05) is 10.5 Å². The highest BCUT2D eigenvalue weighted by Crippen LogP contribution is 2.33. The van der Waals surface area contributed by atoms with E-state index in [1.165, 1.54) is 30.3 Å². The summed E-state index contributed by atoms with van der Waals surface area (Å²) in [5.74, 6) is -0.250. The van der Waals surface area contributed by atoms with Crippen LogP contribution in [0.25, 0.3) is 0 Å². The molecule has 0 saturated carbocycles. The second-order valence-electron chi connectivity index (χ2n) is 4.10. The van der Waals surface area contributed by atoms with Gasteiger partial charge in [0.05, 0.1) is 16.9 Å². The molecule has 0 amide bonds. The Labute approximate surface area is 129 Å². The number of aldehydes is 1. The van der Waals surface area contributed by atoms with Crippen molar-refractivity contribution in [1.29, 1.82) is 0 Å². The Hall–Kier alpha value is -1.90. The van der Waals surface area contributed by atoms with Crippen LogP contribution in [0.4, 0.5) is 11.4 Å². The third-order valence-corrected chi connectivity index (χ3v) is 4.25. The molecule has 0 aliphatic rings. The van der Waals surface area contributed by atoms with Crippen molar-refractivity contribution in [3.05, 3.63) is 46.4 Å². The molecule has 0 saturated heterocycles. The molecular weight excluding hydrogens is 362 g/mol. The zero-order valence-electron chi connectivity index (χ0n) is 10.4. The van der Waals surface area contributed by atoms with Crippen LogP contribution < -0.4 is 5.32 Å². The molecule has 0 aliphatic heterocycles. The van der Waals surface area contributed by atoms with Crippen LogP contribution in [0.5, 0.6) is 5.75 Å². The molecule has 0 fully saturated rings. The summed E-state index contributed by atoms with van der Waals surface area (Å²) in [6.07, 6.45) is 0.496. The third kappa shape index (κ3) is 3.41. The zero-order chi connectivity index (χ0) is 15.6. The van der Waals surface area contributed by atoms with Crippen molar-refractivity contribution in [3.8, 4) is 5.75 Å². The number of carbonyl (C=O) groups is 1. The number of nitrogens with one attached hydrogen (secondary N) is 1. The number of rotatable bonds is 4. The maximum absolute atomic E-state index is 11.3. The van der Waals surface area contributed by atoms with Crippen LogP contribution >= 0.6 is 15.9 Å². The van der Waals surface area contributed by atoms with E-state index in [4.69, 9.17) is 0 Å². The van der Waals surface area contributed by atoms with E-state index in [0.29, 0.717) is 16.4 Å². The van der Waals surface area contributed by atoms with Crippen LogP contribution in [-0.2, 0) is 10.1 Å². The molecule has 21 heavy (non-hydrogen) atoms. The van der Waals surface area contributed by atoms with Gasteiger partial charge in [0.25, 0.3) is 10.1 Å². The van der Waals surface area contributed by atoms with Crippen molar-refractivity contribution in [2.45, 2.75) is 4.90 Å². The summed E-state index contributed by atoms with van der Waals surface area (Å²) in [6, 6.07) is 8.42. The summed E-state index contributed by atoms with van der Waals surface area (Å²) in [7, 11) is -4.39. The molecule has 110 valence electrons. The van der Waals surface area contributed by atoms with Gasteiger partial charge in [0.1, 0.15) is 10.6 Å². The number of aromatic hydroxyl groups is 1. The van der Waals surface area contributed by atoms with Crippen LogP contribution in [0.2, 0.25) is 0 Å². The van der Waals surface area contributed by atoms with Gasteiger partial charge < -0.3 is 10.4 Å².